The van der Waals surface area contributed by atoms with Gasteiger partial charge in [-0.05, 0) is 12.8 Å². The van der Waals surface area contributed by atoms with Crippen LogP contribution in [0.2, 0.25) is 0 Å². The summed E-state index contributed by atoms with van der Waals surface area (Å²) in [7, 11) is 0. The SMILES string of the molecule is Cc1nc(Cc2nc(C(C)C)cs2)cs1. The highest BCUT2D eigenvalue weighted by Crippen LogP contribution is 2.20. The van der Waals surface area contributed by atoms with Crippen LogP contribution in [0.15, 0.2) is 10.8 Å². The highest BCUT2D eigenvalue weighted by atomic mass is 32.1. The number of aromatic nitrogens is 2. The number of hydrogen-bond donors (Lipinski definition) is 0. The Kier molecular flexibility index (Phi) is 3.17. The molecule has 2 aromatic rings. The maximum atomic E-state index is 4.60. The van der Waals surface area contributed by atoms with Crippen LogP contribution in [-0.2, 0) is 6.42 Å². The fraction of sp³-hybridized carbons (Fsp3) is 0.455. The monoisotopic (exact) mass is 238 g/mol. The lowest BCUT2D eigenvalue weighted by atomic mass is 10.2. The molecule has 0 saturated carbocycles. The molecule has 2 aromatic heterocycles. The molecule has 0 amide bonds. The van der Waals surface area contributed by atoms with E-state index < -0.39 is 0 Å². The molecule has 0 saturated heterocycles. The molecule has 0 atom stereocenters. The predicted octanol–water partition coefficient (Wildman–Crippen LogP) is 3.62. The van der Waals surface area contributed by atoms with Crippen LogP contribution in [0.5, 0.6) is 0 Å². The summed E-state index contributed by atoms with van der Waals surface area (Å²) in [5.41, 5.74) is 2.34. The van der Waals surface area contributed by atoms with E-state index >= 15 is 0 Å². The van der Waals surface area contributed by atoms with E-state index in [-0.39, 0.29) is 0 Å². The van der Waals surface area contributed by atoms with E-state index in [1.807, 2.05) is 6.92 Å². The lowest BCUT2D eigenvalue weighted by molar-refractivity contribution is 0.824. The first-order chi connectivity index (χ1) is 7.15. The summed E-state index contributed by atoms with van der Waals surface area (Å²) >= 11 is 3.44. The number of rotatable bonds is 3. The van der Waals surface area contributed by atoms with Crippen LogP contribution >= 0.6 is 22.7 Å². The molecule has 0 aromatic carbocycles. The molecule has 0 radical (unpaired) electrons. The predicted molar refractivity (Wildman–Crippen MR) is 65.9 cm³/mol. The normalized spacial score (nSPS) is 11.2. The molecule has 80 valence electrons. The van der Waals surface area contributed by atoms with E-state index in [4.69, 9.17) is 0 Å². The average molecular weight is 238 g/mol. The molecule has 0 spiro atoms. The summed E-state index contributed by atoms with van der Waals surface area (Å²) in [6, 6.07) is 0. The summed E-state index contributed by atoms with van der Waals surface area (Å²) in [5.74, 6) is 0.521. The summed E-state index contributed by atoms with van der Waals surface area (Å²) in [5, 5.41) is 6.57. The number of thiazole rings is 2. The molecular weight excluding hydrogens is 224 g/mol. The third kappa shape index (κ3) is 2.63. The Morgan fingerprint density at radius 3 is 2.53 bits per heavy atom. The summed E-state index contributed by atoms with van der Waals surface area (Å²) in [4.78, 5) is 9.04. The molecule has 15 heavy (non-hydrogen) atoms. The van der Waals surface area contributed by atoms with E-state index in [0.29, 0.717) is 5.92 Å². The van der Waals surface area contributed by atoms with Crippen LogP contribution in [0.3, 0.4) is 0 Å². The molecule has 4 heteroatoms. The second-order valence-electron chi connectivity index (χ2n) is 3.86. The van der Waals surface area contributed by atoms with E-state index in [2.05, 4.69) is 34.6 Å². The van der Waals surface area contributed by atoms with Crippen molar-refractivity contribution in [1.29, 1.82) is 0 Å². The third-order valence-corrected chi connectivity index (χ3v) is 3.85. The quantitative estimate of drug-likeness (QED) is 0.816. The maximum absolute atomic E-state index is 4.60. The molecule has 0 unspecified atom stereocenters. The first-order valence-electron chi connectivity index (χ1n) is 5.00. The van der Waals surface area contributed by atoms with Crippen molar-refractivity contribution < 1.29 is 0 Å². The maximum Gasteiger partial charge on any atom is 0.0988 e. The van der Waals surface area contributed by atoms with Crippen LogP contribution in [0, 0.1) is 6.92 Å². The molecule has 0 aliphatic rings. The van der Waals surface area contributed by atoms with Gasteiger partial charge in [0.2, 0.25) is 0 Å². The van der Waals surface area contributed by atoms with Gasteiger partial charge in [-0.3, -0.25) is 0 Å². The Morgan fingerprint density at radius 2 is 2.00 bits per heavy atom. The van der Waals surface area contributed by atoms with E-state index in [9.17, 15) is 0 Å². The van der Waals surface area contributed by atoms with Crippen LogP contribution in [0.1, 0.15) is 41.2 Å². The zero-order valence-corrected chi connectivity index (χ0v) is 10.8. The number of nitrogens with zero attached hydrogens (tertiary/aromatic N) is 2. The van der Waals surface area contributed by atoms with Crippen molar-refractivity contribution in [3.63, 3.8) is 0 Å². The second-order valence-corrected chi connectivity index (χ2v) is 5.86. The van der Waals surface area contributed by atoms with E-state index in [0.717, 1.165) is 17.1 Å². The molecule has 0 N–H and O–H groups in total. The molecule has 2 rings (SSSR count). The lowest BCUT2D eigenvalue weighted by Crippen LogP contribution is -1.91. The summed E-state index contributed by atoms with van der Waals surface area (Å²) < 4.78 is 0. The fourth-order valence-corrected chi connectivity index (χ4v) is 2.90. The molecule has 0 aliphatic carbocycles. The van der Waals surface area contributed by atoms with Crippen molar-refractivity contribution in [2.24, 2.45) is 0 Å². The molecule has 0 fully saturated rings. The van der Waals surface area contributed by atoms with Crippen molar-refractivity contribution in [3.05, 3.63) is 32.2 Å². The van der Waals surface area contributed by atoms with Gasteiger partial charge in [0.05, 0.1) is 21.4 Å². The zero-order valence-electron chi connectivity index (χ0n) is 9.15. The minimum Gasteiger partial charge on any atom is -0.246 e. The minimum absolute atomic E-state index is 0.521. The van der Waals surface area contributed by atoms with Crippen molar-refractivity contribution in [2.75, 3.05) is 0 Å². The molecular formula is C11H14N2S2. The Bertz CT molecular complexity index is 443. The first-order valence-corrected chi connectivity index (χ1v) is 6.76. The van der Waals surface area contributed by atoms with Gasteiger partial charge in [-0.1, -0.05) is 13.8 Å². The molecule has 0 bridgehead atoms. The molecule has 2 nitrogen and oxygen atoms in total. The van der Waals surface area contributed by atoms with Crippen molar-refractivity contribution in [2.45, 2.75) is 33.1 Å². The largest absolute Gasteiger partial charge is 0.246 e. The van der Waals surface area contributed by atoms with Crippen molar-refractivity contribution in [3.8, 4) is 0 Å². The lowest BCUT2D eigenvalue weighted by Gasteiger charge is -1.96. The summed E-state index contributed by atoms with van der Waals surface area (Å²) in [6.07, 6.45) is 0.877. The number of aryl methyl sites for hydroxylation is 1. The molecule has 2 heterocycles. The van der Waals surface area contributed by atoms with Gasteiger partial charge in [-0.15, -0.1) is 22.7 Å². The Morgan fingerprint density at radius 1 is 1.20 bits per heavy atom. The summed E-state index contributed by atoms with van der Waals surface area (Å²) in [6.45, 7) is 6.38. The van der Waals surface area contributed by atoms with Crippen molar-refractivity contribution >= 4 is 22.7 Å². The minimum atomic E-state index is 0.521. The van der Waals surface area contributed by atoms with E-state index in [1.54, 1.807) is 22.7 Å². The van der Waals surface area contributed by atoms with Crippen LogP contribution < -0.4 is 0 Å². The second kappa shape index (κ2) is 4.41. The average Bonchev–Trinajstić information content (AvgIpc) is 2.76. The topological polar surface area (TPSA) is 25.8 Å². The van der Waals surface area contributed by atoms with Gasteiger partial charge >= 0.3 is 0 Å². The Balaban J connectivity index is 2.11. The van der Waals surface area contributed by atoms with Crippen molar-refractivity contribution in [1.82, 2.24) is 9.97 Å². The fourth-order valence-electron chi connectivity index (χ4n) is 1.32. The number of hydrogen-bond acceptors (Lipinski definition) is 4. The Hall–Kier alpha value is -0.740. The third-order valence-electron chi connectivity index (χ3n) is 2.16. The highest BCUT2D eigenvalue weighted by molar-refractivity contribution is 7.10. The highest BCUT2D eigenvalue weighted by Gasteiger charge is 2.07. The van der Waals surface area contributed by atoms with Gasteiger partial charge in [0.25, 0.3) is 0 Å². The zero-order chi connectivity index (χ0) is 10.8. The molecule has 0 aliphatic heterocycles. The Labute approximate surface area is 98.0 Å². The van der Waals surface area contributed by atoms with Crippen LogP contribution in [-0.4, -0.2) is 9.97 Å². The van der Waals surface area contributed by atoms with Crippen LogP contribution in [0.4, 0.5) is 0 Å². The smallest absolute Gasteiger partial charge is 0.0988 e. The van der Waals surface area contributed by atoms with Gasteiger partial charge in [0, 0.05) is 17.2 Å². The van der Waals surface area contributed by atoms with Gasteiger partial charge in [-0.2, -0.15) is 0 Å². The standard InChI is InChI=1S/C11H14N2S2/c1-7(2)10-6-15-11(13-10)4-9-5-14-8(3)12-9/h5-7H,4H2,1-3H3. The van der Waals surface area contributed by atoms with E-state index in [1.165, 1.54) is 10.7 Å². The first kappa shape index (κ1) is 10.8. The van der Waals surface area contributed by atoms with Gasteiger partial charge in [-0.25, -0.2) is 9.97 Å². The van der Waals surface area contributed by atoms with Gasteiger partial charge in [0.1, 0.15) is 0 Å². The van der Waals surface area contributed by atoms with Crippen LogP contribution in [0.25, 0.3) is 0 Å². The van der Waals surface area contributed by atoms with Gasteiger partial charge < -0.3 is 0 Å². The van der Waals surface area contributed by atoms with Gasteiger partial charge in [0.15, 0.2) is 0 Å².